The Bertz CT molecular complexity index is 913. The van der Waals surface area contributed by atoms with E-state index in [0.717, 1.165) is 16.8 Å². The number of carboxylic acid groups (broad SMARTS) is 1. The van der Waals surface area contributed by atoms with Crippen LogP contribution in [-0.2, 0) is 10.0 Å². The lowest BCUT2D eigenvalue weighted by Crippen LogP contribution is -2.22. The third-order valence-corrected chi connectivity index (χ3v) is 5.20. The van der Waals surface area contributed by atoms with Crippen LogP contribution in [0.4, 0.5) is 5.13 Å². The molecule has 3 rings (SSSR count). The number of benzene rings is 2. The van der Waals surface area contributed by atoms with Crippen molar-refractivity contribution in [3.63, 3.8) is 0 Å². The van der Waals surface area contributed by atoms with Crippen molar-refractivity contribution in [2.24, 2.45) is 0 Å². The molecule has 22 heavy (non-hydrogen) atoms. The number of rotatable bonds is 4. The molecular formula is C14H8N2O4S2-2. The zero-order valence-corrected chi connectivity index (χ0v) is 12.6. The van der Waals surface area contributed by atoms with E-state index in [-0.39, 0.29) is 15.6 Å². The maximum Gasteiger partial charge on any atom is 0.202 e. The van der Waals surface area contributed by atoms with Gasteiger partial charge in [0.15, 0.2) is 0 Å². The topological polar surface area (TPSA) is 101 Å². The average molecular weight is 332 g/mol. The number of hydrogen-bond donors (Lipinski definition) is 0. The van der Waals surface area contributed by atoms with Crippen molar-refractivity contribution in [2.75, 3.05) is 0 Å². The number of aromatic carboxylic acids is 1. The summed E-state index contributed by atoms with van der Waals surface area (Å²) in [6.07, 6.45) is 0. The average Bonchev–Trinajstić information content (AvgIpc) is 2.88. The Morgan fingerprint density at radius 3 is 2.41 bits per heavy atom. The van der Waals surface area contributed by atoms with Gasteiger partial charge in [-0.2, -0.15) is 0 Å². The largest absolute Gasteiger partial charge is 0.545 e. The van der Waals surface area contributed by atoms with Gasteiger partial charge in [0.2, 0.25) is 10.0 Å². The van der Waals surface area contributed by atoms with E-state index in [2.05, 4.69) is 9.71 Å². The van der Waals surface area contributed by atoms with E-state index in [9.17, 15) is 18.3 Å². The summed E-state index contributed by atoms with van der Waals surface area (Å²) < 4.78 is 28.9. The lowest BCUT2D eigenvalue weighted by atomic mass is 10.2. The van der Waals surface area contributed by atoms with Crippen molar-refractivity contribution in [2.45, 2.75) is 4.90 Å². The SMILES string of the molecule is O=C([O-])c1ccc(S(=O)(=O)[N-]c2nc3ccccc3s2)cc1. The van der Waals surface area contributed by atoms with Gasteiger partial charge in [0.25, 0.3) is 0 Å². The first kappa shape index (κ1) is 14.5. The smallest absolute Gasteiger partial charge is 0.202 e. The number of fused-ring (bicyclic) bond motifs is 1. The van der Waals surface area contributed by atoms with Crippen LogP contribution in [0.3, 0.4) is 0 Å². The Balaban J connectivity index is 1.90. The molecule has 0 amide bonds. The van der Waals surface area contributed by atoms with E-state index in [0.29, 0.717) is 5.52 Å². The molecule has 1 heterocycles. The molecule has 0 unspecified atom stereocenters. The van der Waals surface area contributed by atoms with E-state index >= 15 is 0 Å². The number of carboxylic acids is 1. The van der Waals surface area contributed by atoms with Gasteiger partial charge in [-0.05, 0) is 29.3 Å². The second kappa shape index (κ2) is 5.39. The molecule has 0 N–H and O–H groups in total. The molecule has 0 atom stereocenters. The van der Waals surface area contributed by atoms with Crippen LogP contribution in [-0.4, -0.2) is 19.4 Å². The van der Waals surface area contributed by atoms with Crippen molar-refractivity contribution in [1.29, 1.82) is 0 Å². The summed E-state index contributed by atoms with van der Waals surface area (Å²) in [5.74, 6) is -1.37. The van der Waals surface area contributed by atoms with Crippen LogP contribution in [0.15, 0.2) is 53.4 Å². The maximum absolute atomic E-state index is 12.2. The zero-order chi connectivity index (χ0) is 15.7. The molecule has 0 aliphatic carbocycles. The van der Waals surface area contributed by atoms with E-state index in [1.807, 2.05) is 12.1 Å². The summed E-state index contributed by atoms with van der Waals surface area (Å²) in [5, 5.41) is 10.8. The van der Waals surface area contributed by atoms with E-state index in [4.69, 9.17) is 0 Å². The Labute approximate surface area is 130 Å². The summed E-state index contributed by atoms with van der Waals surface area (Å²) in [6, 6.07) is 11.9. The van der Waals surface area contributed by atoms with Gasteiger partial charge in [-0.25, -0.2) is 8.42 Å². The fraction of sp³-hybridized carbons (Fsp3) is 0. The van der Waals surface area contributed by atoms with Crippen molar-refractivity contribution in [1.82, 2.24) is 4.98 Å². The highest BCUT2D eigenvalue weighted by Gasteiger charge is 2.10. The van der Waals surface area contributed by atoms with Crippen LogP contribution >= 0.6 is 11.3 Å². The van der Waals surface area contributed by atoms with Crippen LogP contribution in [0.5, 0.6) is 0 Å². The minimum atomic E-state index is -3.94. The molecule has 6 nitrogen and oxygen atoms in total. The quantitative estimate of drug-likeness (QED) is 0.727. The van der Waals surface area contributed by atoms with Gasteiger partial charge >= 0.3 is 0 Å². The van der Waals surface area contributed by atoms with Gasteiger partial charge in [0.05, 0.1) is 10.9 Å². The highest BCUT2D eigenvalue weighted by Crippen LogP contribution is 2.34. The first-order valence-electron chi connectivity index (χ1n) is 6.11. The number of aromatic nitrogens is 1. The lowest BCUT2D eigenvalue weighted by Gasteiger charge is -2.12. The van der Waals surface area contributed by atoms with Crippen molar-refractivity contribution in [3.8, 4) is 0 Å². The van der Waals surface area contributed by atoms with Crippen molar-refractivity contribution < 1.29 is 18.3 Å². The number of carbonyl (C=O) groups excluding carboxylic acids is 1. The molecular weight excluding hydrogens is 324 g/mol. The normalized spacial score (nSPS) is 11.5. The molecule has 0 aliphatic rings. The zero-order valence-electron chi connectivity index (χ0n) is 11.0. The Morgan fingerprint density at radius 2 is 1.77 bits per heavy atom. The van der Waals surface area contributed by atoms with Crippen molar-refractivity contribution >= 4 is 42.7 Å². The summed E-state index contributed by atoms with van der Waals surface area (Å²) in [7, 11) is -3.94. The number of nitrogens with zero attached hydrogens (tertiary/aromatic N) is 2. The number of hydrogen-bond acceptors (Lipinski definition) is 6. The van der Waals surface area contributed by atoms with Gasteiger partial charge in [-0.3, -0.25) is 0 Å². The van der Waals surface area contributed by atoms with Gasteiger partial charge in [-0.1, -0.05) is 30.3 Å². The fourth-order valence-electron chi connectivity index (χ4n) is 1.82. The van der Waals surface area contributed by atoms with E-state index in [1.165, 1.54) is 23.5 Å². The standard InChI is InChI=1S/C14H10N2O4S2/c17-13(18)9-5-7-10(8-6-9)22(19,20)16-14-15-11-3-1-2-4-12(11)21-14/h1-8H,(H2,15,16,17,18)/p-2. The van der Waals surface area contributed by atoms with E-state index in [1.54, 1.807) is 12.1 Å². The highest BCUT2D eigenvalue weighted by molar-refractivity contribution is 7.94. The number of carbonyl (C=O) groups is 1. The third-order valence-electron chi connectivity index (χ3n) is 2.87. The molecule has 0 fully saturated rings. The maximum atomic E-state index is 12.2. The minimum absolute atomic E-state index is 0.0982. The van der Waals surface area contributed by atoms with Gasteiger partial charge in [0, 0.05) is 9.83 Å². The summed E-state index contributed by atoms with van der Waals surface area (Å²) in [4.78, 5) is 14.7. The predicted octanol–water partition coefficient (Wildman–Crippen LogP) is 2.05. The van der Waals surface area contributed by atoms with Crippen LogP contribution in [0.25, 0.3) is 14.9 Å². The summed E-state index contributed by atoms with van der Waals surface area (Å²) in [5.41, 5.74) is 0.577. The van der Waals surface area contributed by atoms with Gasteiger partial charge in [0.1, 0.15) is 0 Å². The van der Waals surface area contributed by atoms with Crippen LogP contribution in [0, 0.1) is 0 Å². The molecule has 8 heteroatoms. The number of para-hydroxylation sites is 1. The molecule has 0 aliphatic heterocycles. The molecule has 0 saturated heterocycles. The van der Waals surface area contributed by atoms with Crippen LogP contribution in [0.1, 0.15) is 10.4 Å². The summed E-state index contributed by atoms with van der Waals surface area (Å²) >= 11 is 1.17. The minimum Gasteiger partial charge on any atom is -0.545 e. The number of sulfonamides is 1. The molecule has 2 aromatic carbocycles. The fourth-order valence-corrected chi connectivity index (χ4v) is 3.80. The summed E-state index contributed by atoms with van der Waals surface area (Å²) in [6.45, 7) is 0. The molecule has 0 saturated carbocycles. The number of thiazole rings is 1. The van der Waals surface area contributed by atoms with Crippen LogP contribution in [0.2, 0.25) is 0 Å². The Kier molecular flexibility index (Phi) is 3.55. The molecule has 3 aromatic rings. The lowest BCUT2D eigenvalue weighted by molar-refractivity contribution is -0.255. The highest BCUT2D eigenvalue weighted by atomic mass is 32.2. The van der Waals surface area contributed by atoms with Gasteiger partial charge < -0.3 is 19.6 Å². The monoisotopic (exact) mass is 332 g/mol. The Hall–Kier alpha value is -2.45. The second-order valence-corrected chi connectivity index (χ2v) is 6.96. The Morgan fingerprint density at radius 1 is 1.09 bits per heavy atom. The van der Waals surface area contributed by atoms with Crippen LogP contribution < -0.4 is 5.11 Å². The third kappa shape index (κ3) is 2.78. The first-order valence-corrected chi connectivity index (χ1v) is 8.36. The van der Waals surface area contributed by atoms with Crippen molar-refractivity contribution in [3.05, 3.63) is 58.8 Å². The molecule has 0 radical (unpaired) electrons. The molecule has 0 spiro atoms. The predicted molar refractivity (Wildman–Crippen MR) is 80.6 cm³/mol. The van der Waals surface area contributed by atoms with Gasteiger partial charge in [-0.15, -0.1) is 11.3 Å². The first-order chi connectivity index (χ1) is 10.5. The second-order valence-electron chi connectivity index (χ2n) is 4.34. The molecule has 112 valence electrons. The molecule has 0 bridgehead atoms. The molecule has 1 aromatic heterocycles. The van der Waals surface area contributed by atoms with E-state index < -0.39 is 16.0 Å².